The Morgan fingerprint density at radius 2 is 1.32 bits per heavy atom. The summed E-state index contributed by atoms with van der Waals surface area (Å²) in [5.74, 6) is -0.305. The number of nitrogens with two attached hydrogens (primary N) is 1. The third kappa shape index (κ3) is 7.67. The van der Waals surface area contributed by atoms with Crippen molar-refractivity contribution in [2.45, 2.75) is 58.8 Å². The van der Waals surface area contributed by atoms with Gasteiger partial charge in [-0.25, -0.2) is 0 Å². The van der Waals surface area contributed by atoms with Crippen LogP contribution in [-0.4, -0.2) is 24.9 Å². The number of nitrogens with one attached hydrogen (secondary N) is 2. The summed E-state index contributed by atoms with van der Waals surface area (Å²) in [4.78, 5) is 25.1. The van der Waals surface area contributed by atoms with Crippen LogP contribution in [0.25, 0.3) is 0 Å². The first-order valence-corrected chi connectivity index (χ1v) is 10.5. The van der Waals surface area contributed by atoms with E-state index in [1.165, 1.54) is 0 Å². The number of rotatable bonds is 6. The third-order valence-electron chi connectivity index (χ3n) is 5.00. The Labute approximate surface area is 192 Å². The van der Waals surface area contributed by atoms with Crippen molar-refractivity contribution in [2.24, 2.45) is 5.73 Å². The van der Waals surface area contributed by atoms with Crippen LogP contribution in [0.1, 0.15) is 79.8 Å². The summed E-state index contributed by atoms with van der Waals surface area (Å²) in [6, 6.07) is 13.0. The van der Waals surface area contributed by atoms with E-state index in [4.69, 9.17) is 5.73 Å². The molecule has 0 fully saturated rings. The molecule has 6 heteroatoms. The molecule has 0 spiro atoms. The van der Waals surface area contributed by atoms with Gasteiger partial charge in [0.15, 0.2) is 0 Å². The van der Waals surface area contributed by atoms with E-state index in [0.29, 0.717) is 29.9 Å². The molecule has 5 nitrogen and oxygen atoms in total. The van der Waals surface area contributed by atoms with Crippen LogP contribution in [-0.2, 0) is 10.8 Å². The molecule has 0 aromatic heterocycles. The van der Waals surface area contributed by atoms with Gasteiger partial charge in [-0.1, -0.05) is 47.6 Å². The highest BCUT2D eigenvalue weighted by molar-refractivity contribution is 6.05. The number of benzene rings is 2. The molecule has 2 aromatic carbocycles. The molecule has 0 heterocycles. The van der Waals surface area contributed by atoms with Crippen molar-refractivity contribution in [3.63, 3.8) is 0 Å². The summed E-state index contributed by atoms with van der Waals surface area (Å²) >= 11 is 0. The maximum Gasteiger partial charge on any atom is 0.255 e. The fourth-order valence-electron chi connectivity index (χ4n) is 2.94. The molecule has 0 aliphatic heterocycles. The second-order valence-electron chi connectivity index (χ2n) is 9.73. The zero-order valence-electron chi connectivity index (χ0n) is 19.5. The molecular weight excluding hydrogens is 410 g/mol. The van der Waals surface area contributed by atoms with Crippen LogP contribution in [0, 0.1) is 0 Å². The Kier molecular flexibility index (Phi) is 9.27. The number of hydrogen-bond acceptors (Lipinski definition) is 3. The lowest BCUT2D eigenvalue weighted by Crippen LogP contribution is -2.25. The van der Waals surface area contributed by atoms with Gasteiger partial charge in [-0.2, -0.15) is 0 Å². The average molecular weight is 446 g/mol. The highest BCUT2D eigenvalue weighted by Gasteiger charge is 2.22. The average Bonchev–Trinajstić information content (AvgIpc) is 2.67. The minimum atomic E-state index is -0.160. The Balaban J connectivity index is 0.00000480. The second-order valence-corrected chi connectivity index (χ2v) is 9.73. The molecule has 4 N–H and O–H groups in total. The summed E-state index contributed by atoms with van der Waals surface area (Å²) in [5.41, 5.74) is 9.42. The van der Waals surface area contributed by atoms with E-state index in [1.807, 2.05) is 12.1 Å². The molecule has 0 radical (unpaired) electrons. The fraction of sp³-hybridized carbons (Fsp3) is 0.440. The zero-order chi connectivity index (χ0) is 22.5. The third-order valence-corrected chi connectivity index (χ3v) is 5.00. The first kappa shape index (κ1) is 26.7. The van der Waals surface area contributed by atoms with E-state index >= 15 is 0 Å². The second kappa shape index (κ2) is 10.8. The summed E-state index contributed by atoms with van der Waals surface area (Å²) in [7, 11) is 0. The minimum absolute atomic E-state index is 0. The van der Waals surface area contributed by atoms with Crippen molar-refractivity contribution in [2.75, 3.05) is 18.4 Å². The van der Waals surface area contributed by atoms with Gasteiger partial charge < -0.3 is 16.4 Å². The Morgan fingerprint density at radius 1 is 0.806 bits per heavy atom. The highest BCUT2D eigenvalue weighted by Crippen LogP contribution is 2.30. The highest BCUT2D eigenvalue weighted by atomic mass is 35.5. The van der Waals surface area contributed by atoms with Gasteiger partial charge >= 0.3 is 0 Å². The molecule has 0 saturated carbocycles. The molecule has 0 aliphatic carbocycles. The molecule has 2 amide bonds. The monoisotopic (exact) mass is 445 g/mol. The molecule has 0 bridgehead atoms. The molecule has 170 valence electrons. The van der Waals surface area contributed by atoms with Gasteiger partial charge in [-0.15, -0.1) is 12.4 Å². The zero-order valence-corrected chi connectivity index (χ0v) is 20.3. The van der Waals surface area contributed by atoms with Crippen molar-refractivity contribution in [1.82, 2.24) is 5.32 Å². The molecule has 0 atom stereocenters. The van der Waals surface area contributed by atoms with Gasteiger partial charge in [0.05, 0.1) is 0 Å². The minimum Gasteiger partial charge on any atom is -0.352 e. The number of carbonyl (C=O) groups is 2. The number of halogens is 1. The molecule has 2 aromatic rings. The van der Waals surface area contributed by atoms with E-state index in [2.05, 4.69) is 58.2 Å². The summed E-state index contributed by atoms with van der Waals surface area (Å²) in [6.07, 6.45) is 0.740. The molecular formula is C25H36ClN3O2. The van der Waals surface area contributed by atoms with E-state index < -0.39 is 0 Å². The molecule has 0 unspecified atom stereocenters. The number of carbonyl (C=O) groups excluding carboxylic acids is 2. The summed E-state index contributed by atoms with van der Waals surface area (Å²) in [6.45, 7) is 14.0. The van der Waals surface area contributed by atoms with Gasteiger partial charge in [0.1, 0.15) is 0 Å². The lowest BCUT2D eigenvalue weighted by Gasteiger charge is -2.26. The van der Waals surface area contributed by atoms with Crippen LogP contribution in [0.3, 0.4) is 0 Å². The van der Waals surface area contributed by atoms with Crippen molar-refractivity contribution in [3.8, 4) is 0 Å². The summed E-state index contributed by atoms with van der Waals surface area (Å²) < 4.78 is 0. The predicted octanol–water partition coefficient (Wildman–Crippen LogP) is 5.03. The molecule has 2 rings (SSSR count). The van der Waals surface area contributed by atoms with Crippen molar-refractivity contribution >= 4 is 29.9 Å². The topological polar surface area (TPSA) is 84.2 Å². The standard InChI is InChI=1S/C25H35N3O2.ClH/c1-24(2,3)19-14-18(15-20(16-19)25(4,5)6)23(30)28-21-10-8-17(9-11-21)22(29)27-13-7-12-26;/h8-11,14-16H,7,12-13,26H2,1-6H3,(H,27,29)(H,28,30);1H. The van der Waals surface area contributed by atoms with Crippen LogP contribution in [0.5, 0.6) is 0 Å². The molecule has 0 saturated heterocycles. The lowest BCUT2D eigenvalue weighted by molar-refractivity contribution is 0.0953. The largest absolute Gasteiger partial charge is 0.352 e. The van der Waals surface area contributed by atoms with Crippen molar-refractivity contribution in [3.05, 3.63) is 64.7 Å². The first-order valence-electron chi connectivity index (χ1n) is 10.5. The number of amides is 2. The SMILES string of the molecule is CC(C)(C)c1cc(C(=O)Nc2ccc(C(=O)NCCCN)cc2)cc(C(C)(C)C)c1.Cl. The smallest absolute Gasteiger partial charge is 0.255 e. The predicted molar refractivity (Wildman–Crippen MR) is 131 cm³/mol. The van der Waals surface area contributed by atoms with Crippen LogP contribution < -0.4 is 16.4 Å². The van der Waals surface area contributed by atoms with Crippen molar-refractivity contribution < 1.29 is 9.59 Å². The Hall–Kier alpha value is -2.37. The van der Waals surface area contributed by atoms with Crippen LogP contribution in [0.15, 0.2) is 42.5 Å². The van der Waals surface area contributed by atoms with Crippen LogP contribution in [0.2, 0.25) is 0 Å². The van der Waals surface area contributed by atoms with Crippen LogP contribution >= 0.6 is 12.4 Å². The quantitative estimate of drug-likeness (QED) is 0.545. The van der Waals surface area contributed by atoms with Gasteiger partial charge in [0.2, 0.25) is 0 Å². The lowest BCUT2D eigenvalue weighted by atomic mass is 9.79. The first-order chi connectivity index (χ1) is 13.9. The van der Waals surface area contributed by atoms with E-state index in [9.17, 15) is 9.59 Å². The maximum absolute atomic E-state index is 13.0. The van der Waals surface area contributed by atoms with E-state index in [-0.39, 0.29) is 35.1 Å². The van der Waals surface area contributed by atoms with Gasteiger partial charge in [0.25, 0.3) is 11.8 Å². The van der Waals surface area contributed by atoms with Gasteiger partial charge in [-0.3, -0.25) is 9.59 Å². The Morgan fingerprint density at radius 3 is 1.77 bits per heavy atom. The van der Waals surface area contributed by atoms with E-state index in [0.717, 1.165) is 17.5 Å². The van der Waals surface area contributed by atoms with E-state index in [1.54, 1.807) is 24.3 Å². The molecule has 0 aliphatic rings. The normalized spacial score (nSPS) is 11.5. The number of anilines is 1. The Bertz CT molecular complexity index is 862. The summed E-state index contributed by atoms with van der Waals surface area (Å²) in [5, 5.41) is 5.77. The molecule has 31 heavy (non-hydrogen) atoms. The van der Waals surface area contributed by atoms with Gasteiger partial charge in [0, 0.05) is 23.4 Å². The van der Waals surface area contributed by atoms with Gasteiger partial charge in [-0.05, 0) is 71.3 Å². The van der Waals surface area contributed by atoms with Crippen LogP contribution in [0.4, 0.5) is 5.69 Å². The number of hydrogen-bond donors (Lipinski definition) is 3. The maximum atomic E-state index is 13.0. The fourth-order valence-corrected chi connectivity index (χ4v) is 2.94. The van der Waals surface area contributed by atoms with Crippen molar-refractivity contribution in [1.29, 1.82) is 0 Å².